The fraction of sp³-hybridized carbons (Fsp3) is 0.100. The highest BCUT2D eigenvalue weighted by Gasteiger charge is 2.11. The quantitative estimate of drug-likeness (QED) is 0.824. The van der Waals surface area contributed by atoms with Crippen LogP contribution in [0.1, 0.15) is 5.69 Å². The van der Waals surface area contributed by atoms with E-state index in [0.717, 1.165) is 0 Å². The Labute approximate surface area is 91.1 Å². The normalized spacial score (nSPS) is 10.6. The highest BCUT2D eigenvalue weighted by atomic mass is 35.5. The van der Waals surface area contributed by atoms with E-state index in [1.54, 1.807) is 18.2 Å². The van der Waals surface area contributed by atoms with E-state index >= 15 is 0 Å². The maximum absolute atomic E-state index is 13.4. The first-order valence-electron chi connectivity index (χ1n) is 4.41. The molecule has 0 amide bonds. The number of hydrogen-bond acceptors (Lipinski definition) is 2. The molecule has 5 heteroatoms. The third-order valence-electron chi connectivity index (χ3n) is 2.06. The lowest BCUT2D eigenvalue weighted by molar-refractivity contribution is 0.630. The van der Waals surface area contributed by atoms with Crippen LogP contribution < -0.4 is 5.73 Å². The lowest BCUT2D eigenvalue weighted by Crippen LogP contribution is -1.96. The van der Waals surface area contributed by atoms with E-state index in [-0.39, 0.29) is 17.5 Å². The molecular formula is C10H9ClFN3. The fourth-order valence-electron chi connectivity index (χ4n) is 1.30. The first-order chi connectivity index (χ1) is 7.22. The number of nitrogens with zero attached hydrogens (tertiary/aromatic N) is 1. The Hall–Kier alpha value is -1.39. The van der Waals surface area contributed by atoms with Gasteiger partial charge < -0.3 is 10.7 Å². The van der Waals surface area contributed by atoms with E-state index in [2.05, 4.69) is 9.97 Å². The summed E-state index contributed by atoms with van der Waals surface area (Å²) in [4.78, 5) is 6.88. The van der Waals surface area contributed by atoms with Crippen LogP contribution in [0, 0.1) is 5.82 Å². The summed E-state index contributed by atoms with van der Waals surface area (Å²) in [5, 5.41) is 0.288. The Balaban J connectivity index is 2.50. The standard InChI is InChI=1S/C10H9ClFN3/c11-9-8(5-13)14-10(15-9)6-3-1-2-4-7(6)12/h1-4H,5,13H2,(H,14,15). The van der Waals surface area contributed by atoms with Crippen LogP contribution in [-0.4, -0.2) is 9.97 Å². The van der Waals surface area contributed by atoms with Gasteiger partial charge in [-0.1, -0.05) is 23.7 Å². The zero-order chi connectivity index (χ0) is 10.8. The van der Waals surface area contributed by atoms with Crippen molar-refractivity contribution in [3.63, 3.8) is 0 Å². The lowest BCUT2D eigenvalue weighted by Gasteiger charge is -1.97. The molecule has 0 unspecified atom stereocenters. The third-order valence-corrected chi connectivity index (χ3v) is 2.37. The molecule has 0 saturated heterocycles. The molecule has 78 valence electrons. The minimum atomic E-state index is -0.341. The second-order valence-corrected chi connectivity index (χ2v) is 3.40. The van der Waals surface area contributed by atoms with Gasteiger partial charge in [0.25, 0.3) is 0 Å². The first kappa shape index (κ1) is 10.1. The zero-order valence-electron chi connectivity index (χ0n) is 7.80. The van der Waals surface area contributed by atoms with Gasteiger partial charge >= 0.3 is 0 Å². The van der Waals surface area contributed by atoms with Crippen molar-refractivity contribution >= 4 is 11.6 Å². The predicted molar refractivity (Wildman–Crippen MR) is 56.9 cm³/mol. The van der Waals surface area contributed by atoms with Gasteiger partial charge in [-0.05, 0) is 12.1 Å². The zero-order valence-corrected chi connectivity index (χ0v) is 8.55. The number of halogens is 2. The van der Waals surface area contributed by atoms with Crippen LogP contribution in [0.4, 0.5) is 4.39 Å². The van der Waals surface area contributed by atoms with Crippen molar-refractivity contribution in [1.82, 2.24) is 9.97 Å². The molecule has 0 aliphatic heterocycles. The van der Waals surface area contributed by atoms with E-state index in [4.69, 9.17) is 17.3 Å². The Bertz CT molecular complexity index is 481. The van der Waals surface area contributed by atoms with Gasteiger partial charge in [0.2, 0.25) is 0 Å². The van der Waals surface area contributed by atoms with Gasteiger partial charge in [-0.15, -0.1) is 0 Å². The number of rotatable bonds is 2. The average Bonchev–Trinajstić information content (AvgIpc) is 2.60. The van der Waals surface area contributed by atoms with Gasteiger partial charge in [0.1, 0.15) is 11.6 Å². The van der Waals surface area contributed by atoms with Crippen molar-refractivity contribution in [1.29, 1.82) is 0 Å². The Morgan fingerprint density at radius 1 is 1.40 bits per heavy atom. The molecule has 1 aromatic carbocycles. The molecule has 0 bridgehead atoms. The molecule has 0 fully saturated rings. The van der Waals surface area contributed by atoms with Crippen molar-refractivity contribution < 1.29 is 4.39 Å². The summed E-state index contributed by atoms with van der Waals surface area (Å²) in [6, 6.07) is 6.35. The van der Waals surface area contributed by atoms with Crippen LogP contribution >= 0.6 is 11.6 Å². The third kappa shape index (κ3) is 1.86. The smallest absolute Gasteiger partial charge is 0.152 e. The highest BCUT2D eigenvalue weighted by Crippen LogP contribution is 2.23. The van der Waals surface area contributed by atoms with Crippen molar-refractivity contribution in [2.45, 2.75) is 6.54 Å². The van der Waals surface area contributed by atoms with Crippen LogP contribution in [0.25, 0.3) is 11.4 Å². The lowest BCUT2D eigenvalue weighted by atomic mass is 10.2. The number of aromatic nitrogens is 2. The summed E-state index contributed by atoms with van der Waals surface area (Å²) < 4.78 is 13.4. The van der Waals surface area contributed by atoms with Crippen molar-refractivity contribution in [3.8, 4) is 11.4 Å². The van der Waals surface area contributed by atoms with Gasteiger partial charge in [-0.3, -0.25) is 0 Å². The summed E-state index contributed by atoms with van der Waals surface area (Å²) in [5.41, 5.74) is 6.43. The number of H-pyrrole nitrogens is 1. The molecule has 15 heavy (non-hydrogen) atoms. The molecule has 0 saturated carbocycles. The van der Waals surface area contributed by atoms with E-state index in [1.807, 2.05) is 0 Å². The molecule has 3 N–H and O–H groups in total. The summed E-state index contributed by atoms with van der Waals surface area (Å²) >= 11 is 5.80. The molecule has 0 atom stereocenters. The van der Waals surface area contributed by atoms with Crippen molar-refractivity contribution in [2.24, 2.45) is 5.73 Å². The molecule has 0 aliphatic rings. The molecule has 3 nitrogen and oxygen atoms in total. The maximum atomic E-state index is 13.4. The van der Waals surface area contributed by atoms with Gasteiger partial charge in [0.15, 0.2) is 5.15 Å². The number of hydrogen-bond donors (Lipinski definition) is 2. The minimum Gasteiger partial charge on any atom is -0.339 e. The topological polar surface area (TPSA) is 54.7 Å². The van der Waals surface area contributed by atoms with E-state index in [9.17, 15) is 4.39 Å². The minimum absolute atomic E-state index is 0.250. The highest BCUT2D eigenvalue weighted by molar-refractivity contribution is 6.30. The Morgan fingerprint density at radius 3 is 2.73 bits per heavy atom. The van der Waals surface area contributed by atoms with Crippen molar-refractivity contribution in [2.75, 3.05) is 0 Å². The molecule has 1 aromatic heterocycles. The number of nitrogens with two attached hydrogens (primary N) is 1. The molecule has 2 aromatic rings. The second-order valence-electron chi connectivity index (χ2n) is 3.04. The number of aromatic amines is 1. The van der Waals surface area contributed by atoms with Crippen LogP contribution in [0.2, 0.25) is 5.15 Å². The van der Waals surface area contributed by atoms with Crippen molar-refractivity contribution in [3.05, 3.63) is 40.9 Å². The predicted octanol–water partition coefficient (Wildman–Crippen LogP) is 2.33. The number of nitrogens with one attached hydrogen (secondary N) is 1. The molecule has 1 heterocycles. The second kappa shape index (κ2) is 4.00. The monoisotopic (exact) mass is 225 g/mol. The van der Waals surface area contributed by atoms with Gasteiger partial charge in [0.05, 0.1) is 11.3 Å². The van der Waals surface area contributed by atoms with Crippen LogP contribution in [0.15, 0.2) is 24.3 Å². The van der Waals surface area contributed by atoms with E-state index in [1.165, 1.54) is 6.07 Å². The van der Waals surface area contributed by atoms with E-state index in [0.29, 0.717) is 17.1 Å². The average molecular weight is 226 g/mol. The molecule has 0 spiro atoms. The van der Waals surface area contributed by atoms with E-state index < -0.39 is 0 Å². The number of imidazole rings is 1. The SMILES string of the molecule is NCc1[nH]c(-c2ccccc2F)nc1Cl. The molecule has 0 aliphatic carbocycles. The largest absolute Gasteiger partial charge is 0.339 e. The van der Waals surface area contributed by atoms with Gasteiger partial charge in [0, 0.05) is 6.54 Å². The summed E-state index contributed by atoms with van der Waals surface area (Å²) in [6.07, 6.45) is 0. The summed E-state index contributed by atoms with van der Waals surface area (Å²) in [6.45, 7) is 0.250. The molecule has 2 rings (SSSR count). The number of benzene rings is 1. The summed E-state index contributed by atoms with van der Waals surface area (Å²) in [5.74, 6) is 0.0602. The first-order valence-corrected chi connectivity index (χ1v) is 4.79. The Kier molecular flexibility index (Phi) is 2.70. The Morgan fingerprint density at radius 2 is 2.13 bits per heavy atom. The molecular weight excluding hydrogens is 217 g/mol. The molecule has 0 radical (unpaired) electrons. The van der Waals surface area contributed by atoms with Gasteiger partial charge in [-0.25, -0.2) is 9.37 Å². The van der Waals surface area contributed by atoms with Crippen LogP contribution in [-0.2, 0) is 6.54 Å². The van der Waals surface area contributed by atoms with Crippen LogP contribution in [0.3, 0.4) is 0 Å². The van der Waals surface area contributed by atoms with Gasteiger partial charge in [-0.2, -0.15) is 0 Å². The van der Waals surface area contributed by atoms with Crippen LogP contribution in [0.5, 0.6) is 0 Å². The fourth-order valence-corrected chi connectivity index (χ4v) is 1.51. The summed E-state index contributed by atoms with van der Waals surface area (Å²) in [7, 11) is 0. The maximum Gasteiger partial charge on any atom is 0.152 e.